The molecule has 0 aliphatic carbocycles. The Kier molecular flexibility index (Phi) is 4.26. The molecule has 2 aromatic heterocycles. The first-order valence-electron chi connectivity index (χ1n) is 9.42. The standard InChI is InChI=1S/C24H18N4O/c29-24-15-18-3-1-2-4-19(18)22(26-24)13-17-5-7-20-21(27-28-23(20)14-17)8-6-16-9-11-25-12-10-16/h1-14H,15H2,(H,26,29)(H,27,28)/b8-6+,22-13?. The number of hydrogen-bond acceptors (Lipinski definition) is 3. The number of aromatic amines is 1. The van der Waals surface area contributed by atoms with E-state index < -0.39 is 0 Å². The van der Waals surface area contributed by atoms with Crippen LogP contribution in [0, 0.1) is 0 Å². The lowest BCUT2D eigenvalue weighted by molar-refractivity contribution is -0.119. The number of hydrogen-bond donors (Lipinski definition) is 2. The summed E-state index contributed by atoms with van der Waals surface area (Å²) in [6, 6.07) is 18.0. The van der Waals surface area contributed by atoms with Crippen molar-refractivity contribution in [1.29, 1.82) is 0 Å². The van der Waals surface area contributed by atoms with Crippen LogP contribution in [0.5, 0.6) is 0 Å². The molecule has 0 atom stereocenters. The summed E-state index contributed by atoms with van der Waals surface area (Å²) in [5.41, 5.74) is 6.85. The maximum absolute atomic E-state index is 12.1. The van der Waals surface area contributed by atoms with Crippen LogP contribution in [0.4, 0.5) is 0 Å². The molecule has 2 aromatic carbocycles. The van der Waals surface area contributed by atoms with Gasteiger partial charge in [-0.2, -0.15) is 5.10 Å². The van der Waals surface area contributed by atoms with Crippen LogP contribution < -0.4 is 5.32 Å². The molecule has 0 saturated carbocycles. The van der Waals surface area contributed by atoms with Crippen molar-refractivity contribution in [2.75, 3.05) is 0 Å². The highest BCUT2D eigenvalue weighted by atomic mass is 16.1. The Labute approximate surface area is 167 Å². The summed E-state index contributed by atoms with van der Waals surface area (Å²) in [7, 11) is 0. The Morgan fingerprint density at radius 2 is 1.79 bits per heavy atom. The molecule has 0 saturated heterocycles. The van der Waals surface area contributed by atoms with E-state index in [0.29, 0.717) is 6.42 Å². The molecule has 0 unspecified atom stereocenters. The maximum Gasteiger partial charge on any atom is 0.228 e. The van der Waals surface area contributed by atoms with Crippen molar-refractivity contribution in [1.82, 2.24) is 20.5 Å². The fraction of sp³-hybridized carbons (Fsp3) is 0.0417. The van der Waals surface area contributed by atoms with Gasteiger partial charge in [0.1, 0.15) is 0 Å². The van der Waals surface area contributed by atoms with E-state index in [4.69, 9.17) is 0 Å². The Balaban J connectivity index is 1.48. The van der Waals surface area contributed by atoms with E-state index in [1.165, 1.54) is 0 Å². The van der Waals surface area contributed by atoms with Crippen molar-refractivity contribution in [2.24, 2.45) is 0 Å². The van der Waals surface area contributed by atoms with Gasteiger partial charge in [-0.25, -0.2) is 0 Å². The quantitative estimate of drug-likeness (QED) is 0.558. The number of pyridine rings is 1. The Morgan fingerprint density at radius 1 is 0.931 bits per heavy atom. The van der Waals surface area contributed by atoms with E-state index in [-0.39, 0.29) is 5.91 Å². The van der Waals surface area contributed by atoms with Crippen molar-refractivity contribution in [3.05, 3.63) is 94.9 Å². The van der Waals surface area contributed by atoms with Crippen molar-refractivity contribution >= 4 is 40.7 Å². The molecule has 4 aromatic rings. The summed E-state index contributed by atoms with van der Waals surface area (Å²) in [4.78, 5) is 16.1. The SMILES string of the molecule is O=C1Cc2ccccc2C(=Cc2ccc3c(/C=C/c4ccncc4)n[nH]c3c2)N1. The molecule has 5 heteroatoms. The molecule has 5 nitrogen and oxygen atoms in total. The zero-order chi connectivity index (χ0) is 19.6. The van der Waals surface area contributed by atoms with Crippen LogP contribution in [-0.4, -0.2) is 21.1 Å². The third kappa shape index (κ3) is 3.46. The third-order valence-electron chi connectivity index (χ3n) is 5.00. The topological polar surface area (TPSA) is 70.7 Å². The van der Waals surface area contributed by atoms with Gasteiger partial charge >= 0.3 is 0 Å². The van der Waals surface area contributed by atoms with Gasteiger partial charge in [-0.05, 0) is 53.1 Å². The first kappa shape index (κ1) is 17.1. The van der Waals surface area contributed by atoms with Gasteiger partial charge in [0.25, 0.3) is 0 Å². The molecule has 140 valence electrons. The molecule has 0 bridgehead atoms. The molecular formula is C24H18N4O. The molecule has 2 N–H and O–H groups in total. The minimum absolute atomic E-state index is 0.0149. The molecule has 1 amide bonds. The van der Waals surface area contributed by atoms with Crippen LogP contribution in [0.2, 0.25) is 0 Å². The smallest absolute Gasteiger partial charge is 0.228 e. The van der Waals surface area contributed by atoms with E-state index in [9.17, 15) is 4.79 Å². The number of carbonyl (C=O) groups is 1. The predicted octanol–water partition coefficient (Wildman–Crippen LogP) is 4.30. The van der Waals surface area contributed by atoms with Gasteiger partial charge in [0.2, 0.25) is 5.91 Å². The van der Waals surface area contributed by atoms with Crippen LogP contribution in [-0.2, 0) is 11.2 Å². The van der Waals surface area contributed by atoms with Crippen LogP contribution in [0.3, 0.4) is 0 Å². The predicted molar refractivity (Wildman–Crippen MR) is 115 cm³/mol. The van der Waals surface area contributed by atoms with E-state index in [0.717, 1.165) is 44.5 Å². The number of benzene rings is 2. The average Bonchev–Trinajstić information content (AvgIpc) is 3.15. The molecule has 29 heavy (non-hydrogen) atoms. The highest BCUT2D eigenvalue weighted by Crippen LogP contribution is 2.26. The van der Waals surface area contributed by atoms with E-state index in [1.54, 1.807) is 12.4 Å². The van der Waals surface area contributed by atoms with E-state index >= 15 is 0 Å². The first-order valence-corrected chi connectivity index (χ1v) is 9.42. The number of nitrogens with one attached hydrogen (secondary N) is 2. The van der Waals surface area contributed by atoms with Gasteiger partial charge in [-0.1, -0.05) is 36.4 Å². The van der Waals surface area contributed by atoms with Gasteiger partial charge in [0, 0.05) is 29.0 Å². The molecule has 3 heterocycles. The second-order valence-corrected chi connectivity index (χ2v) is 6.97. The molecule has 1 aliphatic heterocycles. The number of fused-ring (bicyclic) bond motifs is 2. The van der Waals surface area contributed by atoms with Crippen molar-refractivity contribution in [3.63, 3.8) is 0 Å². The van der Waals surface area contributed by atoms with Crippen LogP contribution in [0.25, 0.3) is 34.8 Å². The molecule has 0 spiro atoms. The van der Waals surface area contributed by atoms with E-state index in [1.807, 2.05) is 72.8 Å². The maximum atomic E-state index is 12.1. The summed E-state index contributed by atoms with van der Waals surface area (Å²) in [5.74, 6) is 0.0149. The lowest BCUT2D eigenvalue weighted by Crippen LogP contribution is -2.29. The molecule has 0 fully saturated rings. The Hall–Kier alpha value is -3.99. The largest absolute Gasteiger partial charge is 0.325 e. The lowest BCUT2D eigenvalue weighted by Gasteiger charge is -2.19. The minimum Gasteiger partial charge on any atom is -0.325 e. The molecule has 0 radical (unpaired) electrons. The molecule has 1 aliphatic rings. The average molecular weight is 378 g/mol. The second kappa shape index (κ2) is 7.20. The van der Waals surface area contributed by atoms with Crippen LogP contribution >= 0.6 is 0 Å². The number of carbonyl (C=O) groups excluding carboxylic acids is 1. The summed E-state index contributed by atoms with van der Waals surface area (Å²) in [6.45, 7) is 0. The van der Waals surface area contributed by atoms with E-state index in [2.05, 4.69) is 20.5 Å². The summed E-state index contributed by atoms with van der Waals surface area (Å²) < 4.78 is 0. The van der Waals surface area contributed by atoms with Gasteiger partial charge < -0.3 is 5.32 Å². The Bertz CT molecular complexity index is 1270. The van der Waals surface area contributed by atoms with Crippen molar-refractivity contribution < 1.29 is 4.79 Å². The fourth-order valence-corrected chi connectivity index (χ4v) is 3.58. The zero-order valence-electron chi connectivity index (χ0n) is 15.6. The van der Waals surface area contributed by atoms with Gasteiger partial charge in [-0.15, -0.1) is 0 Å². The number of rotatable bonds is 3. The second-order valence-electron chi connectivity index (χ2n) is 6.97. The van der Waals surface area contributed by atoms with Crippen molar-refractivity contribution in [2.45, 2.75) is 6.42 Å². The number of aromatic nitrogens is 3. The van der Waals surface area contributed by atoms with Gasteiger partial charge in [0.15, 0.2) is 0 Å². The van der Waals surface area contributed by atoms with Crippen LogP contribution in [0.15, 0.2) is 67.0 Å². The molecular weight excluding hydrogens is 360 g/mol. The zero-order valence-corrected chi connectivity index (χ0v) is 15.6. The summed E-state index contributed by atoms with van der Waals surface area (Å²) in [6.07, 6.45) is 9.96. The van der Waals surface area contributed by atoms with Crippen molar-refractivity contribution in [3.8, 4) is 0 Å². The highest BCUT2D eigenvalue weighted by Gasteiger charge is 2.18. The monoisotopic (exact) mass is 378 g/mol. The minimum atomic E-state index is 0.0149. The van der Waals surface area contributed by atoms with Crippen LogP contribution in [0.1, 0.15) is 27.9 Å². The fourth-order valence-electron chi connectivity index (χ4n) is 3.58. The summed E-state index contributed by atoms with van der Waals surface area (Å²) in [5, 5.41) is 11.6. The lowest BCUT2D eigenvalue weighted by atomic mass is 9.96. The normalized spacial score (nSPS) is 15.0. The Morgan fingerprint density at radius 3 is 2.69 bits per heavy atom. The number of amides is 1. The van der Waals surface area contributed by atoms with Gasteiger partial charge in [-0.3, -0.25) is 14.9 Å². The van der Waals surface area contributed by atoms with Gasteiger partial charge in [0.05, 0.1) is 17.6 Å². The highest BCUT2D eigenvalue weighted by molar-refractivity contribution is 5.99. The number of H-pyrrole nitrogens is 1. The summed E-state index contributed by atoms with van der Waals surface area (Å²) >= 11 is 0. The first-order chi connectivity index (χ1) is 14.3. The molecule has 5 rings (SSSR count). The third-order valence-corrected chi connectivity index (χ3v) is 5.00. The number of nitrogens with zero attached hydrogens (tertiary/aromatic N) is 2.